The van der Waals surface area contributed by atoms with E-state index in [1.165, 1.54) is 12.8 Å². The molecule has 3 aliphatic rings. The second-order valence-corrected chi connectivity index (χ2v) is 4.16. The molecule has 0 aromatic carbocycles. The first-order valence-electron chi connectivity index (χ1n) is 4.39. The number of carbonyl (C=O) groups is 1. The number of aldehydes is 1. The monoisotopic (exact) mass is 150 g/mol. The van der Waals surface area contributed by atoms with E-state index >= 15 is 0 Å². The lowest BCUT2D eigenvalue weighted by atomic mass is 9.61. The molecular weight excluding hydrogens is 136 g/mol. The van der Waals surface area contributed by atoms with Crippen molar-refractivity contribution in [2.75, 3.05) is 0 Å². The van der Waals surface area contributed by atoms with Gasteiger partial charge in [-0.25, -0.2) is 0 Å². The standard InChI is InChI=1S/C10H14O/c1-10(7-11)6-8-2-4-9(10)5-3-8/h2,4,7-9H,3,5-6H2,1H3. The molecule has 0 radical (unpaired) electrons. The van der Waals surface area contributed by atoms with Crippen molar-refractivity contribution >= 4 is 6.29 Å². The summed E-state index contributed by atoms with van der Waals surface area (Å²) in [4.78, 5) is 10.8. The van der Waals surface area contributed by atoms with E-state index in [1.54, 1.807) is 0 Å². The Hall–Kier alpha value is -0.590. The average molecular weight is 150 g/mol. The lowest BCUT2D eigenvalue weighted by Gasteiger charge is -2.42. The highest BCUT2D eigenvalue weighted by Crippen LogP contribution is 2.47. The Morgan fingerprint density at radius 3 is 2.55 bits per heavy atom. The zero-order valence-electron chi connectivity index (χ0n) is 6.92. The fourth-order valence-electron chi connectivity index (χ4n) is 2.45. The third-order valence-corrected chi connectivity index (χ3v) is 3.28. The number of allylic oxidation sites excluding steroid dienone is 2. The normalized spacial score (nSPS) is 47.7. The highest BCUT2D eigenvalue weighted by atomic mass is 16.1. The largest absolute Gasteiger partial charge is 0.303 e. The van der Waals surface area contributed by atoms with Gasteiger partial charge in [0.2, 0.25) is 0 Å². The summed E-state index contributed by atoms with van der Waals surface area (Å²) in [7, 11) is 0. The molecule has 0 N–H and O–H groups in total. The van der Waals surface area contributed by atoms with E-state index in [-0.39, 0.29) is 5.41 Å². The Labute approximate surface area is 67.5 Å². The Kier molecular flexibility index (Phi) is 1.41. The molecule has 11 heavy (non-hydrogen) atoms. The van der Waals surface area contributed by atoms with E-state index in [2.05, 4.69) is 19.1 Å². The summed E-state index contributed by atoms with van der Waals surface area (Å²) in [6.07, 6.45) is 9.29. The quantitative estimate of drug-likeness (QED) is 0.413. The summed E-state index contributed by atoms with van der Waals surface area (Å²) in [6.45, 7) is 2.10. The molecule has 0 aromatic rings. The predicted molar refractivity (Wildman–Crippen MR) is 44.1 cm³/mol. The summed E-state index contributed by atoms with van der Waals surface area (Å²) >= 11 is 0. The molecule has 0 amide bonds. The molecule has 0 saturated heterocycles. The molecule has 1 fully saturated rings. The average Bonchev–Trinajstić information content (AvgIpc) is 2.06. The summed E-state index contributed by atoms with van der Waals surface area (Å²) in [5.41, 5.74) is -0.0301. The number of hydrogen-bond acceptors (Lipinski definition) is 1. The number of carbonyl (C=O) groups excluding carboxylic acids is 1. The van der Waals surface area contributed by atoms with Gasteiger partial charge in [-0.05, 0) is 31.1 Å². The molecule has 2 bridgehead atoms. The maximum Gasteiger partial charge on any atom is 0.126 e. The summed E-state index contributed by atoms with van der Waals surface area (Å²) in [5, 5.41) is 0. The van der Waals surface area contributed by atoms with Crippen molar-refractivity contribution in [1.29, 1.82) is 0 Å². The molecule has 1 saturated carbocycles. The topological polar surface area (TPSA) is 17.1 Å². The van der Waals surface area contributed by atoms with Crippen LogP contribution in [0.1, 0.15) is 26.2 Å². The Bertz CT molecular complexity index is 207. The van der Waals surface area contributed by atoms with Crippen LogP contribution in [-0.4, -0.2) is 6.29 Å². The molecule has 1 heteroatoms. The highest BCUT2D eigenvalue weighted by Gasteiger charge is 2.40. The van der Waals surface area contributed by atoms with Crippen LogP contribution in [0.25, 0.3) is 0 Å². The molecule has 60 valence electrons. The molecule has 3 atom stereocenters. The summed E-state index contributed by atoms with van der Waals surface area (Å²) < 4.78 is 0. The van der Waals surface area contributed by atoms with E-state index in [9.17, 15) is 4.79 Å². The maximum absolute atomic E-state index is 10.8. The number of rotatable bonds is 1. The molecule has 1 nitrogen and oxygen atoms in total. The van der Waals surface area contributed by atoms with Crippen molar-refractivity contribution in [1.82, 2.24) is 0 Å². The van der Waals surface area contributed by atoms with Crippen molar-refractivity contribution in [3.63, 3.8) is 0 Å². The third kappa shape index (κ3) is 0.943. The lowest BCUT2D eigenvalue weighted by molar-refractivity contribution is -0.119. The van der Waals surface area contributed by atoms with Crippen LogP contribution in [0.2, 0.25) is 0 Å². The molecule has 0 aliphatic heterocycles. The number of hydrogen-bond donors (Lipinski definition) is 0. The van der Waals surface area contributed by atoms with Crippen LogP contribution < -0.4 is 0 Å². The first-order valence-corrected chi connectivity index (χ1v) is 4.39. The van der Waals surface area contributed by atoms with Gasteiger partial charge in [-0.15, -0.1) is 0 Å². The van der Waals surface area contributed by atoms with Crippen LogP contribution in [0.5, 0.6) is 0 Å². The molecule has 0 heterocycles. The summed E-state index contributed by atoms with van der Waals surface area (Å²) in [6, 6.07) is 0. The number of fused-ring (bicyclic) bond motifs is 2. The Morgan fingerprint density at radius 1 is 1.45 bits per heavy atom. The Balaban J connectivity index is 2.29. The fraction of sp³-hybridized carbons (Fsp3) is 0.700. The van der Waals surface area contributed by atoms with Gasteiger partial charge in [-0.1, -0.05) is 19.1 Å². The minimum Gasteiger partial charge on any atom is -0.303 e. The van der Waals surface area contributed by atoms with Gasteiger partial charge in [0.1, 0.15) is 6.29 Å². The molecule has 0 spiro atoms. The van der Waals surface area contributed by atoms with Crippen LogP contribution >= 0.6 is 0 Å². The van der Waals surface area contributed by atoms with Crippen molar-refractivity contribution in [2.24, 2.45) is 17.3 Å². The van der Waals surface area contributed by atoms with Crippen LogP contribution in [0.3, 0.4) is 0 Å². The SMILES string of the molecule is CC1(C=O)CC2C=CC1CC2. The van der Waals surface area contributed by atoms with Crippen LogP contribution in [0, 0.1) is 17.3 Å². The van der Waals surface area contributed by atoms with E-state index in [4.69, 9.17) is 0 Å². The molecule has 0 aromatic heterocycles. The van der Waals surface area contributed by atoms with Crippen LogP contribution in [-0.2, 0) is 4.79 Å². The molecule has 3 aliphatic carbocycles. The maximum atomic E-state index is 10.8. The van der Waals surface area contributed by atoms with Crippen molar-refractivity contribution in [2.45, 2.75) is 26.2 Å². The van der Waals surface area contributed by atoms with Gasteiger partial charge in [0, 0.05) is 5.41 Å². The van der Waals surface area contributed by atoms with Crippen molar-refractivity contribution in [3.8, 4) is 0 Å². The zero-order valence-corrected chi connectivity index (χ0v) is 6.92. The van der Waals surface area contributed by atoms with E-state index in [1.807, 2.05) is 0 Å². The first kappa shape index (κ1) is 7.08. The van der Waals surface area contributed by atoms with E-state index < -0.39 is 0 Å². The van der Waals surface area contributed by atoms with Crippen LogP contribution in [0.4, 0.5) is 0 Å². The van der Waals surface area contributed by atoms with Gasteiger partial charge < -0.3 is 4.79 Å². The van der Waals surface area contributed by atoms with Gasteiger partial charge in [0.25, 0.3) is 0 Å². The summed E-state index contributed by atoms with van der Waals surface area (Å²) in [5.74, 6) is 1.22. The molecule has 3 unspecified atom stereocenters. The minimum atomic E-state index is -0.0301. The first-order chi connectivity index (χ1) is 5.24. The van der Waals surface area contributed by atoms with Gasteiger partial charge in [0.05, 0.1) is 0 Å². The van der Waals surface area contributed by atoms with Crippen molar-refractivity contribution < 1.29 is 4.79 Å². The lowest BCUT2D eigenvalue weighted by Crippen LogP contribution is -2.37. The second kappa shape index (κ2) is 2.20. The Morgan fingerprint density at radius 2 is 2.27 bits per heavy atom. The van der Waals surface area contributed by atoms with E-state index in [0.717, 1.165) is 12.7 Å². The second-order valence-electron chi connectivity index (χ2n) is 4.16. The predicted octanol–water partition coefficient (Wildman–Crippen LogP) is 2.18. The fourth-order valence-corrected chi connectivity index (χ4v) is 2.45. The van der Waals surface area contributed by atoms with Gasteiger partial charge in [-0.3, -0.25) is 0 Å². The van der Waals surface area contributed by atoms with Gasteiger partial charge in [0.15, 0.2) is 0 Å². The van der Waals surface area contributed by atoms with Crippen molar-refractivity contribution in [3.05, 3.63) is 12.2 Å². The highest BCUT2D eigenvalue weighted by molar-refractivity contribution is 5.61. The van der Waals surface area contributed by atoms with E-state index in [0.29, 0.717) is 11.8 Å². The minimum absolute atomic E-state index is 0.0301. The molecular formula is C10H14O. The molecule has 3 rings (SSSR count). The smallest absolute Gasteiger partial charge is 0.126 e. The van der Waals surface area contributed by atoms with Gasteiger partial charge in [-0.2, -0.15) is 0 Å². The zero-order chi connectivity index (χ0) is 7.90. The van der Waals surface area contributed by atoms with Crippen LogP contribution in [0.15, 0.2) is 12.2 Å². The van der Waals surface area contributed by atoms with Gasteiger partial charge >= 0.3 is 0 Å². The third-order valence-electron chi connectivity index (χ3n) is 3.28.